The lowest BCUT2D eigenvalue weighted by Crippen LogP contribution is -2.23. The Morgan fingerprint density at radius 1 is 1.26 bits per heavy atom. The van der Waals surface area contributed by atoms with E-state index < -0.39 is 0 Å². The van der Waals surface area contributed by atoms with E-state index in [2.05, 4.69) is 37.9 Å². The predicted molar refractivity (Wildman–Crippen MR) is 86.8 cm³/mol. The standard InChI is InChI=1S/C14H14BrN3S/c15-12-10-17-8-6-13(12)18(9-7-14(16)19)11-4-2-1-3-5-11/h1-6,8,10H,7,9H2,(H2,16,19). The van der Waals surface area contributed by atoms with Gasteiger partial charge in [0, 0.05) is 31.0 Å². The normalized spacial score (nSPS) is 10.2. The summed E-state index contributed by atoms with van der Waals surface area (Å²) in [5.41, 5.74) is 7.77. The minimum atomic E-state index is 0.520. The molecule has 2 rings (SSSR count). The number of halogens is 1. The van der Waals surface area contributed by atoms with Gasteiger partial charge in [-0.05, 0) is 34.1 Å². The molecule has 0 spiro atoms. The second kappa shape index (κ2) is 6.63. The largest absolute Gasteiger partial charge is 0.393 e. The van der Waals surface area contributed by atoms with Crippen molar-refractivity contribution in [1.82, 2.24) is 4.98 Å². The third kappa shape index (κ3) is 3.75. The number of anilines is 2. The summed E-state index contributed by atoms with van der Waals surface area (Å²) in [4.78, 5) is 6.78. The molecule has 0 atom stereocenters. The van der Waals surface area contributed by atoms with Crippen molar-refractivity contribution < 1.29 is 0 Å². The van der Waals surface area contributed by atoms with Gasteiger partial charge in [0.25, 0.3) is 0 Å². The second-order valence-corrected chi connectivity index (χ2v) is 5.41. The lowest BCUT2D eigenvalue weighted by molar-refractivity contribution is 0.962. The maximum atomic E-state index is 5.62. The number of nitrogens with zero attached hydrogens (tertiary/aromatic N) is 2. The van der Waals surface area contributed by atoms with E-state index in [1.165, 1.54) is 0 Å². The maximum Gasteiger partial charge on any atom is 0.0745 e. The molecule has 1 aromatic carbocycles. The van der Waals surface area contributed by atoms with E-state index in [9.17, 15) is 0 Å². The lowest BCUT2D eigenvalue weighted by atomic mass is 10.2. The molecule has 2 N–H and O–H groups in total. The number of thiocarbonyl (C=S) groups is 1. The van der Waals surface area contributed by atoms with Gasteiger partial charge in [-0.15, -0.1) is 0 Å². The van der Waals surface area contributed by atoms with Crippen LogP contribution in [0.2, 0.25) is 0 Å². The van der Waals surface area contributed by atoms with Crippen LogP contribution in [0.25, 0.3) is 0 Å². The minimum absolute atomic E-state index is 0.520. The summed E-state index contributed by atoms with van der Waals surface area (Å²) in [6.07, 6.45) is 4.22. The van der Waals surface area contributed by atoms with Crippen LogP contribution in [0.15, 0.2) is 53.3 Å². The van der Waals surface area contributed by atoms with Crippen molar-refractivity contribution in [3.8, 4) is 0 Å². The molecular formula is C14H14BrN3S. The van der Waals surface area contributed by atoms with Gasteiger partial charge in [-0.3, -0.25) is 4.98 Å². The van der Waals surface area contributed by atoms with Crippen LogP contribution >= 0.6 is 28.1 Å². The smallest absolute Gasteiger partial charge is 0.0745 e. The van der Waals surface area contributed by atoms with Gasteiger partial charge in [0.05, 0.1) is 15.1 Å². The summed E-state index contributed by atoms with van der Waals surface area (Å²) in [6.45, 7) is 0.738. The van der Waals surface area contributed by atoms with Gasteiger partial charge < -0.3 is 10.6 Å². The molecular weight excluding hydrogens is 322 g/mol. The first-order valence-electron chi connectivity index (χ1n) is 5.89. The van der Waals surface area contributed by atoms with Gasteiger partial charge in [-0.25, -0.2) is 0 Å². The van der Waals surface area contributed by atoms with Crippen molar-refractivity contribution in [1.29, 1.82) is 0 Å². The number of para-hydroxylation sites is 1. The Balaban J connectivity index is 2.35. The Morgan fingerprint density at radius 2 is 2.00 bits per heavy atom. The zero-order valence-electron chi connectivity index (χ0n) is 10.3. The summed E-state index contributed by atoms with van der Waals surface area (Å²) in [5.74, 6) is 0. The number of hydrogen-bond acceptors (Lipinski definition) is 3. The Labute approximate surface area is 126 Å². The third-order valence-corrected chi connectivity index (χ3v) is 3.51. The zero-order chi connectivity index (χ0) is 13.7. The second-order valence-electron chi connectivity index (χ2n) is 4.03. The Hall–Kier alpha value is -1.46. The molecule has 2 aromatic rings. The van der Waals surface area contributed by atoms with Crippen LogP contribution in [0.5, 0.6) is 0 Å². The molecule has 5 heteroatoms. The van der Waals surface area contributed by atoms with Crippen LogP contribution in [-0.2, 0) is 0 Å². The van der Waals surface area contributed by atoms with Crippen molar-refractivity contribution in [3.63, 3.8) is 0 Å². The van der Waals surface area contributed by atoms with Crippen LogP contribution in [0.3, 0.4) is 0 Å². The van der Waals surface area contributed by atoms with E-state index in [4.69, 9.17) is 18.0 Å². The van der Waals surface area contributed by atoms with Crippen LogP contribution < -0.4 is 10.6 Å². The van der Waals surface area contributed by atoms with Crippen LogP contribution in [0.1, 0.15) is 6.42 Å². The van der Waals surface area contributed by atoms with Gasteiger partial charge >= 0.3 is 0 Å². The van der Waals surface area contributed by atoms with E-state index in [1.807, 2.05) is 24.3 Å². The molecule has 3 nitrogen and oxygen atoms in total. The number of rotatable bonds is 5. The SMILES string of the molecule is NC(=S)CCN(c1ccccc1)c1ccncc1Br. The fourth-order valence-corrected chi connectivity index (χ4v) is 2.36. The lowest BCUT2D eigenvalue weighted by Gasteiger charge is -2.25. The van der Waals surface area contributed by atoms with Crippen molar-refractivity contribution in [3.05, 3.63) is 53.3 Å². The molecule has 0 fully saturated rings. The van der Waals surface area contributed by atoms with E-state index in [0.29, 0.717) is 11.4 Å². The van der Waals surface area contributed by atoms with Gasteiger partial charge in [-0.2, -0.15) is 0 Å². The Bertz CT molecular complexity index is 560. The average molecular weight is 336 g/mol. The van der Waals surface area contributed by atoms with Crippen molar-refractivity contribution >= 4 is 44.5 Å². The van der Waals surface area contributed by atoms with Crippen molar-refractivity contribution in [2.24, 2.45) is 5.73 Å². The predicted octanol–water partition coefficient (Wildman–Crippen LogP) is 3.66. The monoisotopic (exact) mass is 335 g/mol. The molecule has 0 saturated heterocycles. The Kier molecular flexibility index (Phi) is 4.87. The molecule has 0 aliphatic heterocycles. The highest BCUT2D eigenvalue weighted by atomic mass is 79.9. The summed E-state index contributed by atoms with van der Waals surface area (Å²) >= 11 is 8.51. The third-order valence-electron chi connectivity index (χ3n) is 2.69. The van der Waals surface area contributed by atoms with Crippen molar-refractivity contribution in [2.75, 3.05) is 11.4 Å². The van der Waals surface area contributed by atoms with Crippen LogP contribution in [-0.4, -0.2) is 16.5 Å². The highest BCUT2D eigenvalue weighted by Crippen LogP contribution is 2.31. The number of aromatic nitrogens is 1. The van der Waals surface area contributed by atoms with Crippen molar-refractivity contribution in [2.45, 2.75) is 6.42 Å². The highest BCUT2D eigenvalue weighted by molar-refractivity contribution is 9.10. The van der Waals surface area contributed by atoms with Gasteiger partial charge in [-0.1, -0.05) is 30.4 Å². The van der Waals surface area contributed by atoms with E-state index in [-0.39, 0.29) is 0 Å². The highest BCUT2D eigenvalue weighted by Gasteiger charge is 2.12. The first kappa shape index (κ1) is 14.0. The molecule has 0 aliphatic carbocycles. The van der Waals surface area contributed by atoms with Gasteiger partial charge in [0.15, 0.2) is 0 Å². The summed E-state index contributed by atoms with van der Waals surface area (Å²) in [7, 11) is 0. The quantitative estimate of drug-likeness (QED) is 0.846. The fraction of sp³-hybridized carbons (Fsp3) is 0.143. The van der Waals surface area contributed by atoms with Gasteiger partial charge in [0.2, 0.25) is 0 Å². The van der Waals surface area contributed by atoms with E-state index in [1.54, 1.807) is 12.4 Å². The van der Waals surface area contributed by atoms with Gasteiger partial charge in [0.1, 0.15) is 0 Å². The molecule has 19 heavy (non-hydrogen) atoms. The summed E-state index contributed by atoms with van der Waals surface area (Å²) < 4.78 is 0.946. The first-order valence-corrected chi connectivity index (χ1v) is 7.09. The molecule has 0 amide bonds. The zero-order valence-corrected chi connectivity index (χ0v) is 12.7. The van der Waals surface area contributed by atoms with E-state index in [0.717, 1.165) is 22.4 Å². The molecule has 98 valence electrons. The fourth-order valence-electron chi connectivity index (χ4n) is 1.81. The Morgan fingerprint density at radius 3 is 2.63 bits per heavy atom. The van der Waals surface area contributed by atoms with E-state index >= 15 is 0 Å². The topological polar surface area (TPSA) is 42.1 Å². The van der Waals surface area contributed by atoms with Crippen LogP contribution in [0.4, 0.5) is 11.4 Å². The summed E-state index contributed by atoms with van der Waals surface area (Å²) in [6, 6.07) is 12.1. The minimum Gasteiger partial charge on any atom is -0.393 e. The molecule has 0 aliphatic rings. The number of hydrogen-bond donors (Lipinski definition) is 1. The molecule has 0 bridgehead atoms. The summed E-state index contributed by atoms with van der Waals surface area (Å²) in [5, 5.41) is 0. The first-order chi connectivity index (χ1) is 9.18. The van der Waals surface area contributed by atoms with Crippen LogP contribution in [0, 0.1) is 0 Å². The molecule has 0 unspecified atom stereocenters. The molecule has 1 aromatic heterocycles. The number of pyridine rings is 1. The molecule has 0 radical (unpaired) electrons. The number of nitrogens with two attached hydrogens (primary N) is 1. The molecule has 1 heterocycles. The number of benzene rings is 1. The maximum absolute atomic E-state index is 5.62. The molecule has 0 saturated carbocycles. The average Bonchev–Trinajstić information content (AvgIpc) is 2.42.